The van der Waals surface area contributed by atoms with E-state index < -0.39 is 8.96 Å². The van der Waals surface area contributed by atoms with Crippen LogP contribution in [0.1, 0.15) is 24.5 Å². The van der Waals surface area contributed by atoms with Gasteiger partial charge in [0.2, 0.25) is 0 Å². The van der Waals surface area contributed by atoms with Crippen LogP contribution in [0, 0.1) is 0 Å². The molecule has 95 valence electrons. The summed E-state index contributed by atoms with van der Waals surface area (Å²) in [7, 11) is -0.616. The Morgan fingerprint density at radius 3 is 1.95 bits per heavy atom. The Balaban J connectivity index is 1.92. The quantitative estimate of drug-likeness (QED) is 0.729. The summed E-state index contributed by atoms with van der Waals surface area (Å²) in [6, 6.07) is 18.3. The number of rotatable bonds is 2. The molecule has 2 aromatic rings. The Bertz CT molecular complexity index is 585. The van der Waals surface area contributed by atoms with Crippen molar-refractivity contribution in [1.82, 2.24) is 0 Å². The lowest BCUT2D eigenvalue weighted by atomic mass is 10.1. The van der Waals surface area contributed by atoms with E-state index >= 15 is 0 Å². The van der Waals surface area contributed by atoms with E-state index in [0.29, 0.717) is 0 Å². The van der Waals surface area contributed by atoms with Gasteiger partial charge in [0.15, 0.2) is 0 Å². The molecule has 0 spiro atoms. The molecule has 4 rings (SSSR count). The van der Waals surface area contributed by atoms with Crippen molar-refractivity contribution in [2.75, 3.05) is 6.54 Å². The summed E-state index contributed by atoms with van der Waals surface area (Å²) in [6.07, 6.45) is 1.29. The van der Waals surface area contributed by atoms with Gasteiger partial charge in [0.25, 0.3) is 0 Å². The molecule has 0 N–H and O–H groups in total. The molecule has 19 heavy (non-hydrogen) atoms. The Kier molecular flexibility index (Phi) is 2.44. The Morgan fingerprint density at radius 2 is 1.42 bits per heavy atom. The molecule has 2 aliphatic heterocycles. The van der Waals surface area contributed by atoms with E-state index in [1.165, 1.54) is 30.2 Å². The molecule has 0 bridgehead atoms. The molecular formula is C17H19NSi+. The molecule has 0 saturated heterocycles. The van der Waals surface area contributed by atoms with Crippen molar-refractivity contribution in [1.29, 1.82) is 0 Å². The molecule has 0 aromatic heterocycles. The summed E-state index contributed by atoms with van der Waals surface area (Å²) in [4.78, 5) is 0. The lowest BCUT2D eigenvalue weighted by molar-refractivity contribution is -0.846. The van der Waals surface area contributed by atoms with E-state index in [0.717, 1.165) is 0 Å². The zero-order valence-electron chi connectivity index (χ0n) is 11.4. The van der Waals surface area contributed by atoms with Gasteiger partial charge in [-0.1, -0.05) is 55.5 Å². The van der Waals surface area contributed by atoms with Crippen LogP contribution in [-0.4, -0.2) is 19.7 Å². The second-order valence-corrected chi connectivity index (χ2v) is 8.57. The van der Waals surface area contributed by atoms with Crippen LogP contribution >= 0.6 is 0 Å². The van der Waals surface area contributed by atoms with Crippen LogP contribution in [0.3, 0.4) is 0 Å². The predicted molar refractivity (Wildman–Crippen MR) is 80.7 cm³/mol. The second-order valence-electron chi connectivity index (χ2n) is 5.85. The third kappa shape index (κ3) is 1.50. The van der Waals surface area contributed by atoms with E-state index in [4.69, 9.17) is 0 Å². The lowest BCUT2D eigenvalue weighted by Gasteiger charge is -2.34. The first-order chi connectivity index (χ1) is 9.34. The molecule has 2 heteroatoms. The van der Waals surface area contributed by atoms with Crippen LogP contribution in [0.5, 0.6) is 0 Å². The Labute approximate surface area is 116 Å². The number of quaternary nitrogens is 1. The van der Waals surface area contributed by atoms with Crippen LogP contribution in [0.15, 0.2) is 48.5 Å². The van der Waals surface area contributed by atoms with Crippen molar-refractivity contribution in [2.45, 2.75) is 26.4 Å². The monoisotopic (exact) mass is 265 g/mol. The van der Waals surface area contributed by atoms with Crippen molar-refractivity contribution in [3.8, 4) is 0 Å². The number of hydrogen-bond donors (Lipinski definition) is 0. The maximum atomic E-state index is 2.39. The summed E-state index contributed by atoms with van der Waals surface area (Å²) in [5.74, 6) is 0. The van der Waals surface area contributed by atoms with E-state index in [2.05, 4.69) is 55.5 Å². The highest BCUT2D eigenvalue weighted by Crippen LogP contribution is 2.32. The molecule has 0 saturated carbocycles. The molecule has 2 aromatic carbocycles. The van der Waals surface area contributed by atoms with Crippen molar-refractivity contribution in [3.05, 3.63) is 59.7 Å². The highest BCUT2D eigenvalue weighted by Gasteiger charge is 2.55. The molecule has 2 heterocycles. The fraction of sp³-hybridized carbons (Fsp3) is 0.294. The van der Waals surface area contributed by atoms with Crippen LogP contribution < -0.4 is 10.4 Å². The average molecular weight is 265 g/mol. The molecule has 0 aliphatic carbocycles. The van der Waals surface area contributed by atoms with Gasteiger partial charge < -0.3 is 4.15 Å². The summed E-state index contributed by atoms with van der Waals surface area (Å²) in [6.45, 7) is 6.18. The number of benzene rings is 2. The van der Waals surface area contributed by atoms with Crippen LogP contribution in [-0.2, 0) is 13.1 Å². The number of fused-ring (bicyclic) bond motifs is 5. The van der Waals surface area contributed by atoms with Crippen LogP contribution in [0.4, 0.5) is 0 Å². The van der Waals surface area contributed by atoms with Crippen LogP contribution in [0.25, 0.3) is 0 Å². The van der Waals surface area contributed by atoms with Crippen LogP contribution in [0.2, 0.25) is 0 Å². The van der Waals surface area contributed by atoms with Gasteiger partial charge in [0, 0.05) is 21.5 Å². The van der Waals surface area contributed by atoms with E-state index in [1.54, 1.807) is 21.5 Å². The summed E-state index contributed by atoms with van der Waals surface area (Å²) < 4.78 is 1.33. The highest BCUT2D eigenvalue weighted by molar-refractivity contribution is 6.81. The van der Waals surface area contributed by atoms with E-state index in [9.17, 15) is 0 Å². The van der Waals surface area contributed by atoms with Gasteiger partial charge in [-0.2, -0.15) is 0 Å². The van der Waals surface area contributed by atoms with Gasteiger partial charge >= 0.3 is 8.96 Å². The molecule has 0 fully saturated rings. The second kappa shape index (κ2) is 4.05. The minimum Gasteiger partial charge on any atom is -0.367 e. The van der Waals surface area contributed by atoms with Gasteiger partial charge in [0.1, 0.15) is 0 Å². The average Bonchev–Trinajstić information content (AvgIpc) is 2.89. The minimum atomic E-state index is -0.616. The molecular weight excluding hydrogens is 246 g/mol. The summed E-state index contributed by atoms with van der Waals surface area (Å²) >= 11 is 0. The number of nitrogens with zero attached hydrogens (tertiary/aromatic N) is 1. The first-order valence-corrected chi connectivity index (χ1v) is 8.69. The largest absolute Gasteiger partial charge is 0.412 e. The molecule has 0 unspecified atom stereocenters. The van der Waals surface area contributed by atoms with E-state index in [-0.39, 0.29) is 0 Å². The van der Waals surface area contributed by atoms with Gasteiger partial charge in [-0.3, -0.25) is 0 Å². The van der Waals surface area contributed by atoms with Crippen molar-refractivity contribution < 1.29 is 4.15 Å². The van der Waals surface area contributed by atoms with E-state index in [1.807, 2.05) is 0 Å². The molecule has 0 atom stereocenters. The highest BCUT2D eigenvalue weighted by atomic mass is 28.3. The standard InChI is InChI=1S/C17H19NSi/c1-2-11-18-12-14-7-3-5-9-16(14)19(18)17-10-6-4-8-15(17)13-18/h3-10H,2,11-13H2,1H3/q+1. The van der Waals surface area contributed by atoms with Gasteiger partial charge in [-0.25, -0.2) is 0 Å². The third-order valence-electron chi connectivity index (χ3n) is 4.62. The fourth-order valence-corrected chi connectivity index (χ4v) is 7.86. The normalized spacial score (nSPS) is 19.0. The fourth-order valence-electron chi connectivity index (χ4n) is 4.00. The van der Waals surface area contributed by atoms with Crippen molar-refractivity contribution in [3.63, 3.8) is 0 Å². The zero-order chi connectivity index (χ0) is 12.9. The third-order valence-corrected chi connectivity index (χ3v) is 8.10. The maximum absolute atomic E-state index is 2.39. The Morgan fingerprint density at radius 1 is 0.895 bits per heavy atom. The molecule has 0 amide bonds. The minimum absolute atomic E-state index is 0.616. The predicted octanol–water partition coefficient (Wildman–Crippen LogP) is 2.05. The molecule has 1 radical (unpaired) electrons. The van der Waals surface area contributed by atoms with Gasteiger partial charge in [-0.05, 0) is 6.42 Å². The van der Waals surface area contributed by atoms with Crippen molar-refractivity contribution >= 4 is 19.3 Å². The van der Waals surface area contributed by atoms with Gasteiger partial charge in [0.05, 0.1) is 19.6 Å². The molecule has 2 aliphatic rings. The summed E-state index contributed by atoms with van der Waals surface area (Å²) in [5.41, 5.74) is 3.22. The maximum Gasteiger partial charge on any atom is 0.412 e. The first kappa shape index (κ1) is 11.4. The van der Waals surface area contributed by atoms with Gasteiger partial charge in [-0.15, -0.1) is 0 Å². The Hall–Kier alpha value is -1.38. The van der Waals surface area contributed by atoms with Crippen molar-refractivity contribution in [2.24, 2.45) is 0 Å². The SMILES string of the molecule is CCC[N+]12Cc3ccccc3[Si]1c1ccccc1C2. The smallest absolute Gasteiger partial charge is 0.367 e. The topological polar surface area (TPSA) is 0 Å². The molecule has 1 nitrogen and oxygen atoms in total. The first-order valence-electron chi connectivity index (χ1n) is 7.24. The zero-order valence-corrected chi connectivity index (χ0v) is 12.4. The lowest BCUT2D eigenvalue weighted by Crippen LogP contribution is -2.58. The number of hydrogen-bond acceptors (Lipinski definition) is 0. The summed E-state index contributed by atoms with van der Waals surface area (Å²) in [5, 5.41) is 3.34.